The lowest BCUT2D eigenvalue weighted by Gasteiger charge is -2.30. The highest BCUT2D eigenvalue weighted by Crippen LogP contribution is 2.31. The van der Waals surface area contributed by atoms with Crippen molar-refractivity contribution in [2.45, 2.75) is 38.3 Å². The van der Waals surface area contributed by atoms with Crippen molar-refractivity contribution in [3.63, 3.8) is 0 Å². The molecule has 2 fully saturated rings. The summed E-state index contributed by atoms with van der Waals surface area (Å²) in [5, 5.41) is 4.24. The summed E-state index contributed by atoms with van der Waals surface area (Å²) in [5.41, 5.74) is 1.29. The molecule has 3 nitrogen and oxygen atoms in total. The maximum atomic E-state index is 6.25. The minimum atomic E-state index is 0.713. The van der Waals surface area contributed by atoms with Gasteiger partial charge >= 0.3 is 0 Å². The van der Waals surface area contributed by atoms with Crippen molar-refractivity contribution in [1.29, 1.82) is 0 Å². The summed E-state index contributed by atoms with van der Waals surface area (Å²) < 4.78 is 5.23. The summed E-state index contributed by atoms with van der Waals surface area (Å²) in [4.78, 5) is 2.65. The van der Waals surface area contributed by atoms with Crippen LogP contribution in [-0.2, 0) is 6.54 Å². The van der Waals surface area contributed by atoms with Crippen molar-refractivity contribution in [3.8, 4) is 5.75 Å². The lowest BCUT2D eigenvalue weighted by molar-refractivity contribution is 0.192. The summed E-state index contributed by atoms with van der Waals surface area (Å²) in [6.07, 6.45) is 5.38. The van der Waals surface area contributed by atoms with Crippen molar-refractivity contribution in [2.24, 2.45) is 5.92 Å². The average molecular weight is 309 g/mol. The van der Waals surface area contributed by atoms with Gasteiger partial charge in [-0.25, -0.2) is 0 Å². The van der Waals surface area contributed by atoms with Gasteiger partial charge in [-0.1, -0.05) is 17.7 Å². The van der Waals surface area contributed by atoms with Crippen molar-refractivity contribution in [3.05, 3.63) is 28.8 Å². The van der Waals surface area contributed by atoms with E-state index in [1.807, 2.05) is 6.07 Å². The van der Waals surface area contributed by atoms with E-state index in [1.165, 1.54) is 50.9 Å². The molecular formula is C17H25ClN2O. The van der Waals surface area contributed by atoms with Gasteiger partial charge in [0.15, 0.2) is 0 Å². The van der Waals surface area contributed by atoms with Gasteiger partial charge in [0.2, 0.25) is 0 Å². The number of piperidine rings is 1. The largest absolute Gasteiger partial charge is 0.495 e. The first-order valence-corrected chi connectivity index (χ1v) is 8.41. The summed E-state index contributed by atoms with van der Waals surface area (Å²) in [6.45, 7) is 4.58. The van der Waals surface area contributed by atoms with Crippen LogP contribution < -0.4 is 10.1 Å². The molecule has 1 aromatic carbocycles. The van der Waals surface area contributed by atoms with Crippen molar-refractivity contribution < 1.29 is 4.74 Å². The Balaban J connectivity index is 1.63. The van der Waals surface area contributed by atoms with Crippen LogP contribution in [0.25, 0.3) is 0 Å². The Labute approximate surface area is 132 Å². The number of hydrogen-bond donors (Lipinski definition) is 1. The molecule has 1 saturated carbocycles. The van der Waals surface area contributed by atoms with Gasteiger partial charge in [0, 0.05) is 19.1 Å². The van der Waals surface area contributed by atoms with Crippen LogP contribution in [0.2, 0.25) is 5.02 Å². The predicted molar refractivity (Wildman–Crippen MR) is 87.0 cm³/mol. The summed E-state index contributed by atoms with van der Waals surface area (Å²) in [7, 11) is 1.66. The topological polar surface area (TPSA) is 24.5 Å². The molecule has 0 radical (unpaired) electrons. The number of nitrogens with zero attached hydrogens (tertiary/aromatic N) is 1. The Morgan fingerprint density at radius 1 is 1.33 bits per heavy atom. The van der Waals surface area contributed by atoms with E-state index in [0.29, 0.717) is 5.02 Å². The molecule has 1 aliphatic carbocycles. The van der Waals surface area contributed by atoms with Gasteiger partial charge < -0.3 is 10.1 Å². The molecule has 2 aliphatic rings. The molecule has 3 rings (SSSR count). The fourth-order valence-electron chi connectivity index (χ4n) is 3.24. The van der Waals surface area contributed by atoms with Crippen LogP contribution in [0.3, 0.4) is 0 Å². The zero-order valence-electron chi connectivity index (χ0n) is 12.8. The molecule has 0 spiro atoms. The number of halogens is 1. The monoisotopic (exact) mass is 308 g/mol. The third-order valence-corrected chi connectivity index (χ3v) is 4.85. The van der Waals surface area contributed by atoms with Gasteiger partial charge in [-0.3, -0.25) is 4.90 Å². The Kier molecular flexibility index (Phi) is 5.04. The van der Waals surface area contributed by atoms with E-state index in [2.05, 4.69) is 22.3 Å². The smallest absolute Gasteiger partial charge is 0.137 e. The highest BCUT2D eigenvalue weighted by molar-refractivity contribution is 6.32. The minimum Gasteiger partial charge on any atom is -0.495 e. The molecule has 1 N–H and O–H groups in total. The molecule has 0 bridgehead atoms. The highest BCUT2D eigenvalue weighted by atomic mass is 35.5. The Hall–Kier alpha value is -0.770. The van der Waals surface area contributed by atoms with Crippen LogP contribution >= 0.6 is 11.6 Å². The number of hydrogen-bond acceptors (Lipinski definition) is 3. The van der Waals surface area contributed by atoms with Crippen molar-refractivity contribution in [2.75, 3.05) is 26.7 Å². The summed E-state index contributed by atoms with van der Waals surface area (Å²) in [6, 6.07) is 6.95. The Morgan fingerprint density at radius 3 is 2.81 bits per heavy atom. The Bertz CT molecular complexity index is 470. The summed E-state index contributed by atoms with van der Waals surface area (Å²) in [5.74, 6) is 1.56. The van der Waals surface area contributed by atoms with Crippen LogP contribution in [-0.4, -0.2) is 37.7 Å². The van der Waals surface area contributed by atoms with E-state index in [1.54, 1.807) is 7.11 Å². The zero-order chi connectivity index (χ0) is 14.7. The number of benzene rings is 1. The molecule has 1 heterocycles. The van der Waals surface area contributed by atoms with E-state index < -0.39 is 0 Å². The molecule has 1 aliphatic heterocycles. The number of ether oxygens (including phenoxy) is 1. The second-order valence-corrected chi connectivity index (χ2v) is 6.75. The normalized spacial score (nSPS) is 22.5. The maximum absolute atomic E-state index is 6.25. The number of nitrogens with one attached hydrogen (secondary N) is 1. The molecule has 1 unspecified atom stereocenters. The van der Waals surface area contributed by atoms with E-state index in [9.17, 15) is 0 Å². The molecule has 116 valence electrons. The fraction of sp³-hybridized carbons (Fsp3) is 0.647. The van der Waals surface area contributed by atoms with Gasteiger partial charge in [-0.05, 0) is 62.4 Å². The van der Waals surface area contributed by atoms with Crippen LogP contribution in [0, 0.1) is 5.92 Å². The quantitative estimate of drug-likeness (QED) is 0.872. The molecule has 1 saturated heterocycles. The van der Waals surface area contributed by atoms with Crippen LogP contribution in [0.15, 0.2) is 18.2 Å². The molecule has 1 atom stereocenters. The maximum Gasteiger partial charge on any atom is 0.137 e. The molecule has 4 heteroatoms. The van der Waals surface area contributed by atoms with E-state index in [0.717, 1.165) is 24.3 Å². The van der Waals surface area contributed by atoms with Gasteiger partial charge in [-0.2, -0.15) is 0 Å². The second-order valence-electron chi connectivity index (χ2n) is 6.34. The standard InChI is InChI=1S/C17H25ClN2O/c1-21-17-7-4-13(9-16(17)18)11-20(15-5-6-15)12-14-3-2-8-19-10-14/h4,7,9,14-15,19H,2-3,5-6,8,10-12H2,1H3. The SMILES string of the molecule is COc1ccc(CN(CC2CCCNC2)C2CC2)cc1Cl. The van der Waals surface area contributed by atoms with E-state index in [-0.39, 0.29) is 0 Å². The third kappa shape index (κ3) is 4.12. The third-order valence-electron chi connectivity index (χ3n) is 4.56. The van der Waals surface area contributed by atoms with Crippen molar-refractivity contribution in [1.82, 2.24) is 10.2 Å². The molecule has 0 amide bonds. The fourth-order valence-corrected chi connectivity index (χ4v) is 3.52. The van der Waals surface area contributed by atoms with Gasteiger partial charge in [0.05, 0.1) is 12.1 Å². The lowest BCUT2D eigenvalue weighted by Crippen LogP contribution is -2.39. The first-order chi connectivity index (χ1) is 10.3. The highest BCUT2D eigenvalue weighted by Gasteiger charge is 2.30. The number of rotatable bonds is 6. The van der Waals surface area contributed by atoms with Crippen LogP contribution in [0.1, 0.15) is 31.2 Å². The minimum absolute atomic E-state index is 0.713. The van der Waals surface area contributed by atoms with Gasteiger partial charge in [0.1, 0.15) is 5.75 Å². The predicted octanol–water partition coefficient (Wildman–Crippen LogP) is 3.31. The molecule has 1 aromatic rings. The molecule has 21 heavy (non-hydrogen) atoms. The van der Waals surface area contributed by atoms with E-state index in [4.69, 9.17) is 16.3 Å². The summed E-state index contributed by atoms with van der Waals surface area (Å²) >= 11 is 6.25. The number of methoxy groups -OCH3 is 1. The lowest BCUT2D eigenvalue weighted by atomic mass is 9.98. The van der Waals surface area contributed by atoms with Gasteiger partial charge in [0.25, 0.3) is 0 Å². The first-order valence-electron chi connectivity index (χ1n) is 8.03. The molecule has 0 aromatic heterocycles. The van der Waals surface area contributed by atoms with Crippen molar-refractivity contribution >= 4 is 11.6 Å². The second kappa shape index (κ2) is 6.99. The molecular weight excluding hydrogens is 284 g/mol. The van der Waals surface area contributed by atoms with Crippen LogP contribution in [0.5, 0.6) is 5.75 Å². The van der Waals surface area contributed by atoms with Crippen LogP contribution in [0.4, 0.5) is 0 Å². The average Bonchev–Trinajstić information content (AvgIpc) is 3.32. The Morgan fingerprint density at radius 2 is 2.19 bits per heavy atom. The van der Waals surface area contributed by atoms with E-state index >= 15 is 0 Å². The van der Waals surface area contributed by atoms with Gasteiger partial charge in [-0.15, -0.1) is 0 Å². The first kappa shape index (κ1) is 15.1. The zero-order valence-corrected chi connectivity index (χ0v) is 13.5.